The molecule has 7 nitrogen and oxygen atoms in total. The number of piperidine rings is 1. The van der Waals surface area contributed by atoms with Gasteiger partial charge in [-0.1, -0.05) is 17.7 Å². The van der Waals surface area contributed by atoms with Gasteiger partial charge in [-0.3, -0.25) is 9.36 Å². The Morgan fingerprint density at radius 1 is 1.03 bits per heavy atom. The fraction of sp³-hybridized carbons (Fsp3) is 0.333. The summed E-state index contributed by atoms with van der Waals surface area (Å²) in [5, 5.41) is 8.46. The topological polar surface area (TPSA) is 77.0 Å². The number of anilines is 1. The molecular weight excluding hydrogens is 426 g/mol. The molecule has 0 radical (unpaired) electrons. The van der Waals surface area contributed by atoms with E-state index in [1.165, 1.54) is 11.6 Å². The third-order valence-electron chi connectivity index (χ3n) is 6.20. The van der Waals surface area contributed by atoms with Gasteiger partial charge in [-0.2, -0.15) is 0 Å². The molecule has 1 aliphatic heterocycles. The fourth-order valence-corrected chi connectivity index (χ4v) is 4.91. The lowest BCUT2D eigenvalue weighted by atomic mass is 9.90. The number of nitrogens with zero attached hydrogens (tertiary/aromatic N) is 5. The van der Waals surface area contributed by atoms with Crippen molar-refractivity contribution < 1.29 is 4.63 Å². The molecular formula is C24H24ClN5O2. The number of halogens is 1. The van der Waals surface area contributed by atoms with E-state index < -0.39 is 0 Å². The first kappa shape index (κ1) is 20.7. The van der Waals surface area contributed by atoms with Gasteiger partial charge in [0.25, 0.3) is 5.56 Å². The van der Waals surface area contributed by atoms with Gasteiger partial charge in [-0.05, 0) is 85.2 Å². The minimum atomic E-state index is -0.0979. The van der Waals surface area contributed by atoms with Crippen LogP contribution in [0, 0.1) is 19.8 Å². The SMILES string of the molecule is Cc1cc(=O)n(-c2ccc(N3CCC(Cc4ccc5nonc5c4)CC3)c(Cl)c2)c(C)n1. The number of aromatic nitrogens is 4. The van der Waals surface area contributed by atoms with Gasteiger partial charge >= 0.3 is 0 Å². The second-order valence-corrected chi connectivity index (χ2v) is 8.88. The second-order valence-electron chi connectivity index (χ2n) is 8.48. The van der Waals surface area contributed by atoms with E-state index in [0.29, 0.717) is 22.5 Å². The van der Waals surface area contributed by atoms with E-state index >= 15 is 0 Å². The highest BCUT2D eigenvalue weighted by atomic mass is 35.5. The standard InChI is InChI=1S/C24H24ClN5O2/c1-15-11-24(31)30(16(2)26-15)19-4-6-23(20(25)14-19)29-9-7-17(8-10-29)12-18-3-5-21-22(13-18)28-32-27-21/h3-6,11,13-14,17H,7-10,12H2,1-2H3. The van der Waals surface area contributed by atoms with Crippen molar-refractivity contribution >= 4 is 28.3 Å². The quantitative estimate of drug-likeness (QED) is 0.456. The third kappa shape index (κ3) is 4.00. The summed E-state index contributed by atoms with van der Waals surface area (Å²) in [6.45, 7) is 5.55. The van der Waals surface area contributed by atoms with E-state index in [1.54, 1.807) is 4.57 Å². The molecule has 2 aromatic carbocycles. The molecule has 5 rings (SSSR count). The smallest absolute Gasteiger partial charge is 0.258 e. The molecule has 2 aromatic heterocycles. The van der Waals surface area contributed by atoms with Gasteiger partial charge in [-0.25, -0.2) is 9.61 Å². The Morgan fingerprint density at radius 3 is 2.56 bits per heavy atom. The highest BCUT2D eigenvalue weighted by Gasteiger charge is 2.22. The molecule has 0 unspecified atom stereocenters. The molecule has 0 aliphatic carbocycles. The summed E-state index contributed by atoms with van der Waals surface area (Å²) in [6.07, 6.45) is 3.20. The maximum Gasteiger partial charge on any atom is 0.258 e. The molecule has 3 heterocycles. The predicted molar refractivity (Wildman–Crippen MR) is 125 cm³/mol. The van der Waals surface area contributed by atoms with Crippen LogP contribution in [0.2, 0.25) is 5.02 Å². The summed E-state index contributed by atoms with van der Waals surface area (Å²) in [5.41, 5.74) is 5.23. The van der Waals surface area contributed by atoms with Crippen molar-refractivity contribution in [3.8, 4) is 5.69 Å². The van der Waals surface area contributed by atoms with Crippen LogP contribution in [0.3, 0.4) is 0 Å². The molecule has 1 fully saturated rings. The van der Waals surface area contributed by atoms with E-state index in [2.05, 4.69) is 32.3 Å². The average Bonchev–Trinajstić information content (AvgIpc) is 3.22. The van der Waals surface area contributed by atoms with Gasteiger partial charge in [0.05, 0.1) is 16.4 Å². The lowest BCUT2D eigenvalue weighted by Gasteiger charge is -2.34. The van der Waals surface area contributed by atoms with E-state index in [4.69, 9.17) is 16.2 Å². The van der Waals surface area contributed by atoms with Gasteiger partial charge in [0.15, 0.2) is 0 Å². The molecule has 4 aromatic rings. The molecule has 0 spiro atoms. The molecule has 1 aliphatic rings. The summed E-state index contributed by atoms with van der Waals surface area (Å²) in [4.78, 5) is 19.2. The first-order valence-corrected chi connectivity index (χ1v) is 11.2. The van der Waals surface area contributed by atoms with Crippen molar-refractivity contribution in [1.29, 1.82) is 0 Å². The summed E-state index contributed by atoms with van der Waals surface area (Å²) in [6, 6.07) is 13.5. The van der Waals surface area contributed by atoms with E-state index in [0.717, 1.165) is 54.8 Å². The highest BCUT2D eigenvalue weighted by Crippen LogP contribution is 2.32. The monoisotopic (exact) mass is 449 g/mol. The zero-order chi connectivity index (χ0) is 22.2. The Kier molecular flexibility index (Phi) is 5.43. The Balaban J connectivity index is 1.28. The van der Waals surface area contributed by atoms with E-state index in [-0.39, 0.29) is 5.56 Å². The van der Waals surface area contributed by atoms with Crippen molar-refractivity contribution in [2.24, 2.45) is 5.92 Å². The van der Waals surface area contributed by atoms with Crippen LogP contribution in [0.5, 0.6) is 0 Å². The van der Waals surface area contributed by atoms with E-state index in [1.807, 2.05) is 38.1 Å². The molecule has 0 N–H and O–H groups in total. The number of fused-ring (bicyclic) bond motifs is 1. The Hall–Kier alpha value is -3.19. The predicted octanol–water partition coefficient (Wildman–Crippen LogP) is 4.50. The minimum absolute atomic E-state index is 0.0979. The minimum Gasteiger partial charge on any atom is -0.370 e. The normalized spacial score (nSPS) is 14.9. The van der Waals surface area contributed by atoms with Crippen molar-refractivity contribution in [3.05, 3.63) is 74.9 Å². The number of aryl methyl sites for hydroxylation is 2. The molecule has 1 saturated heterocycles. The number of hydrogen-bond donors (Lipinski definition) is 0. The van der Waals surface area contributed by atoms with Gasteiger partial charge in [0, 0.05) is 24.8 Å². The lowest BCUT2D eigenvalue weighted by Crippen LogP contribution is -2.34. The molecule has 8 heteroatoms. The van der Waals surface area contributed by atoms with Crippen LogP contribution in [0.25, 0.3) is 16.7 Å². The van der Waals surface area contributed by atoms with Crippen molar-refractivity contribution in [3.63, 3.8) is 0 Å². The maximum absolute atomic E-state index is 12.5. The van der Waals surface area contributed by atoms with Crippen molar-refractivity contribution in [1.82, 2.24) is 19.9 Å². The second kappa shape index (κ2) is 8.39. The number of hydrogen-bond acceptors (Lipinski definition) is 6. The fourth-order valence-electron chi connectivity index (χ4n) is 4.61. The molecule has 0 bridgehead atoms. The molecule has 32 heavy (non-hydrogen) atoms. The summed E-state index contributed by atoms with van der Waals surface area (Å²) in [7, 11) is 0. The average molecular weight is 450 g/mol. The van der Waals surface area contributed by atoms with Crippen LogP contribution in [0.15, 0.2) is 51.9 Å². The Morgan fingerprint density at radius 2 is 1.81 bits per heavy atom. The van der Waals surface area contributed by atoms with Crippen molar-refractivity contribution in [2.75, 3.05) is 18.0 Å². The summed E-state index contributed by atoms with van der Waals surface area (Å²) in [5.74, 6) is 1.26. The van der Waals surface area contributed by atoms with Crippen molar-refractivity contribution in [2.45, 2.75) is 33.1 Å². The molecule has 164 valence electrons. The van der Waals surface area contributed by atoms with Crippen LogP contribution in [-0.4, -0.2) is 33.0 Å². The zero-order valence-corrected chi connectivity index (χ0v) is 18.8. The van der Waals surface area contributed by atoms with Crippen LogP contribution in [0.4, 0.5) is 5.69 Å². The van der Waals surface area contributed by atoms with Crippen LogP contribution >= 0.6 is 11.6 Å². The van der Waals surface area contributed by atoms with E-state index in [9.17, 15) is 4.79 Å². The van der Waals surface area contributed by atoms with Gasteiger partial charge in [0.2, 0.25) is 0 Å². The first-order valence-electron chi connectivity index (χ1n) is 10.8. The largest absolute Gasteiger partial charge is 0.370 e. The van der Waals surface area contributed by atoms with Gasteiger partial charge in [-0.15, -0.1) is 0 Å². The summed E-state index contributed by atoms with van der Waals surface area (Å²) < 4.78 is 6.39. The number of benzene rings is 2. The Bertz CT molecular complexity index is 1340. The summed E-state index contributed by atoms with van der Waals surface area (Å²) >= 11 is 6.66. The number of rotatable bonds is 4. The third-order valence-corrected chi connectivity index (χ3v) is 6.50. The lowest BCUT2D eigenvalue weighted by molar-refractivity contribution is 0.315. The molecule has 0 saturated carbocycles. The highest BCUT2D eigenvalue weighted by molar-refractivity contribution is 6.33. The Labute approximate surface area is 190 Å². The van der Waals surface area contributed by atoms with Crippen LogP contribution in [0.1, 0.15) is 29.9 Å². The van der Waals surface area contributed by atoms with Gasteiger partial charge < -0.3 is 4.90 Å². The van der Waals surface area contributed by atoms with Crippen LogP contribution < -0.4 is 10.5 Å². The first-order chi connectivity index (χ1) is 15.5. The molecule has 0 atom stereocenters. The molecule has 0 amide bonds. The maximum atomic E-state index is 12.5. The zero-order valence-electron chi connectivity index (χ0n) is 18.1. The van der Waals surface area contributed by atoms with Crippen LogP contribution in [-0.2, 0) is 6.42 Å². The van der Waals surface area contributed by atoms with Gasteiger partial charge in [0.1, 0.15) is 16.9 Å².